The van der Waals surface area contributed by atoms with E-state index in [4.69, 9.17) is 0 Å². The second-order valence-electron chi connectivity index (χ2n) is 5.07. The summed E-state index contributed by atoms with van der Waals surface area (Å²) in [5.41, 5.74) is 4.54. The maximum atomic E-state index is 4.67. The Morgan fingerprint density at radius 3 is 2.86 bits per heavy atom. The average molecular weight is 290 g/mol. The van der Waals surface area contributed by atoms with Crippen molar-refractivity contribution in [2.24, 2.45) is 0 Å². The Hall–Kier alpha value is -3.02. The van der Waals surface area contributed by atoms with E-state index < -0.39 is 0 Å². The molecule has 0 saturated carbocycles. The van der Waals surface area contributed by atoms with Gasteiger partial charge in [0.1, 0.15) is 0 Å². The summed E-state index contributed by atoms with van der Waals surface area (Å²) >= 11 is 0. The number of aromatic nitrogens is 5. The van der Waals surface area contributed by atoms with Gasteiger partial charge in [0.15, 0.2) is 11.5 Å². The molecule has 0 bridgehead atoms. The van der Waals surface area contributed by atoms with Crippen molar-refractivity contribution in [3.8, 4) is 0 Å². The van der Waals surface area contributed by atoms with Crippen LogP contribution >= 0.6 is 0 Å². The van der Waals surface area contributed by atoms with Crippen LogP contribution in [0.15, 0.2) is 49.1 Å². The fraction of sp³-hybridized carbons (Fsp3) is 0.125. The average Bonchev–Trinajstić information content (AvgIpc) is 3.04. The summed E-state index contributed by atoms with van der Waals surface area (Å²) in [6.45, 7) is 2.48. The summed E-state index contributed by atoms with van der Waals surface area (Å²) in [5.74, 6) is 0.742. The Kier molecular flexibility index (Phi) is 2.93. The van der Waals surface area contributed by atoms with E-state index in [0.717, 1.165) is 33.9 Å². The minimum Gasteiger partial charge on any atom is -0.361 e. The number of anilines is 1. The number of aryl methyl sites for hydroxylation is 1. The van der Waals surface area contributed by atoms with E-state index in [1.165, 1.54) is 0 Å². The molecular weight excluding hydrogens is 276 g/mol. The van der Waals surface area contributed by atoms with Gasteiger partial charge in [-0.15, -0.1) is 0 Å². The van der Waals surface area contributed by atoms with Crippen LogP contribution in [0.2, 0.25) is 0 Å². The lowest BCUT2D eigenvalue weighted by Crippen LogP contribution is -2.06. The largest absolute Gasteiger partial charge is 0.361 e. The van der Waals surface area contributed by atoms with Crippen LogP contribution in [0, 0.1) is 6.92 Å². The Morgan fingerprint density at radius 2 is 2.00 bits per heavy atom. The van der Waals surface area contributed by atoms with Crippen LogP contribution in [0.3, 0.4) is 0 Å². The van der Waals surface area contributed by atoms with E-state index in [0.29, 0.717) is 6.54 Å². The molecule has 6 nitrogen and oxygen atoms in total. The minimum atomic E-state index is 0.557. The normalized spacial score (nSPS) is 11.1. The summed E-state index contributed by atoms with van der Waals surface area (Å²) < 4.78 is 2.03. The molecule has 22 heavy (non-hydrogen) atoms. The Balaban J connectivity index is 1.73. The van der Waals surface area contributed by atoms with Crippen molar-refractivity contribution in [2.45, 2.75) is 13.5 Å². The molecule has 1 aromatic carbocycles. The van der Waals surface area contributed by atoms with Crippen LogP contribution in [0.5, 0.6) is 0 Å². The molecule has 0 aliphatic heterocycles. The van der Waals surface area contributed by atoms with Crippen LogP contribution in [-0.2, 0) is 6.54 Å². The van der Waals surface area contributed by atoms with Crippen LogP contribution in [0.25, 0.3) is 16.7 Å². The highest BCUT2D eigenvalue weighted by molar-refractivity contribution is 5.82. The molecule has 6 heteroatoms. The zero-order valence-corrected chi connectivity index (χ0v) is 12.1. The predicted molar refractivity (Wildman–Crippen MR) is 84.6 cm³/mol. The predicted octanol–water partition coefficient (Wildman–Crippen LogP) is 2.59. The highest BCUT2D eigenvalue weighted by atomic mass is 15.1. The molecule has 4 rings (SSSR count). The molecule has 0 unspecified atom stereocenters. The summed E-state index contributed by atoms with van der Waals surface area (Å²) in [7, 11) is 0. The van der Waals surface area contributed by atoms with E-state index in [9.17, 15) is 0 Å². The zero-order valence-electron chi connectivity index (χ0n) is 12.1. The Labute approximate surface area is 126 Å². The molecular formula is C16H14N6. The first-order valence-corrected chi connectivity index (χ1v) is 7.04. The van der Waals surface area contributed by atoms with Gasteiger partial charge in [-0.25, -0.2) is 9.97 Å². The third-order valence-electron chi connectivity index (χ3n) is 3.50. The molecule has 0 atom stereocenters. The van der Waals surface area contributed by atoms with Crippen LogP contribution < -0.4 is 5.32 Å². The summed E-state index contributed by atoms with van der Waals surface area (Å²) in [6, 6.07) is 8.00. The molecule has 3 heterocycles. The topological polar surface area (TPSA) is 68.0 Å². The van der Waals surface area contributed by atoms with Crippen molar-refractivity contribution in [1.82, 2.24) is 24.3 Å². The fourth-order valence-corrected chi connectivity index (χ4v) is 2.41. The molecule has 0 spiro atoms. The summed E-state index contributed by atoms with van der Waals surface area (Å²) in [5, 5.41) is 3.30. The lowest BCUT2D eigenvalue weighted by atomic mass is 10.3. The maximum Gasteiger partial charge on any atom is 0.180 e. The van der Waals surface area contributed by atoms with Crippen molar-refractivity contribution in [3.63, 3.8) is 0 Å². The smallest absolute Gasteiger partial charge is 0.180 e. The number of para-hydroxylation sites is 2. The molecule has 108 valence electrons. The second-order valence-corrected chi connectivity index (χ2v) is 5.07. The molecule has 0 fully saturated rings. The van der Waals surface area contributed by atoms with Gasteiger partial charge in [0.25, 0.3) is 0 Å². The summed E-state index contributed by atoms with van der Waals surface area (Å²) in [6.07, 6.45) is 7.25. The van der Waals surface area contributed by atoms with Crippen LogP contribution in [-0.4, -0.2) is 24.3 Å². The third kappa shape index (κ3) is 2.14. The number of rotatable bonds is 3. The number of nitrogens with zero attached hydrogens (tertiary/aromatic N) is 5. The number of nitrogens with one attached hydrogen (secondary N) is 1. The Bertz CT molecular complexity index is 942. The van der Waals surface area contributed by atoms with Gasteiger partial charge in [0.05, 0.1) is 35.2 Å². The molecule has 1 N–H and O–H groups in total. The van der Waals surface area contributed by atoms with E-state index in [1.54, 1.807) is 18.6 Å². The fourth-order valence-electron chi connectivity index (χ4n) is 2.41. The number of fused-ring (bicyclic) bond motifs is 3. The second kappa shape index (κ2) is 5.07. The first-order chi connectivity index (χ1) is 10.8. The van der Waals surface area contributed by atoms with Crippen LogP contribution in [0.4, 0.5) is 5.82 Å². The highest BCUT2D eigenvalue weighted by Gasteiger charge is 2.09. The van der Waals surface area contributed by atoms with Crippen molar-refractivity contribution in [1.29, 1.82) is 0 Å². The zero-order chi connectivity index (χ0) is 14.9. The summed E-state index contributed by atoms with van der Waals surface area (Å²) in [4.78, 5) is 17.7. The van der Waals surface area contributed by atoms with Crippen LogP contribution in [0.1, 0.15) is 11.4 Å². The third-order valence-corrected chi connectivity index (χ3v) is 3.50. The van der Waals surface area contributed by atoms with Gasteiger partial charge in [-0.1, -0.05) is 12.1 Å². The first-order valence-electron chi connectivity index (χ1n) is 7.04. The number of hydrogen-bond donors (Lipinski definition) is 1. The number of hydrogen-bond acceptors (Lipinski definition) is 5. The van der Waals surface area contributed by atoms with E-state index >= 15 is 0 Å². The quantitative estimate of drug-likeness (QED) is 0.628. The lowest BCUT2D eigenvalue weighted by molar-refractivity contribution is 0.977. The van der Waals surface area contributed by atoms with Gasteiger partial charge in [-0.2, -0.15) is 0 Å². The van der Waals surface area contributed by atoms with Crippen molar-refractivity contribution >= 4 is 22.5 Å². The molecule has 3 aromatic heterocycles. The number of imidazole rings is 1. The highest BCUT2D eigenvalue weighted by Crippen LogP contribution is 2.20. The van der Waals surface area contributed by atoms with Gasteiger partial charge in [-0.3, -0.25) is 14.4 Å². The maximum absolute atomic E-state index is 4.67. The van der Waals surface area contributed by atoms with E-state index in [1.807, 2.05) is 41.8 Å². The molecule has 0 amide bonds. The van der Waals surface area contributed by atoms with Gasteiger partial charge in [0.2, 0.25) is 0 Å². The lowest BCUT2D eigenvalue weighted by Gasteiger charge is -2.09. The van der Waals surface area contributed by atoms with Crippen molar-refractivity contribution in [2.75, 3.05) is 5.32 Å². The number of benzene rings is 1. The molecule has 0 aliphatic carbocycles. The van der Waals surface area contributed by atoms with Gasteiger partial charge in [-0.05, 0) is 19.1 Å². The molecule has 4 aromatic rings. The molecule has 0 radical (unpaired) electrons. The standard InChI is InChI=1S/C16H14N6/c1-11-8-19-12(9-18-11)10-20-15-16-17-6-7-22(16)14-5-3-2-4-13(14)21-15/h2-9H,10H2,1H3,(H,20,21). The van der Waals surface area contributed by atoms with Crippen molar-refractivity contribution in [3.05, 3.63) is 60.4 Å². The van der Waals surface area contributed by atoms with Crippen molar-refractivity contribution < 1.29 is 0 Å². The Morgan fingerprint density at radius 1 is 1.09 bits per heavy atom. The van der Waals surface area contributed by atoms with Gasteiger partial charge >= 0.3 is 0 Å². The SMILES string of the molecule is Cc1cnc(CNc2nc3ccccc3n3ccnc23)cn1. The monoisotopic (exact) mass is 290 g/mol. The molecule has 0 saturated heterocycles. The first kappa shape index (κ1) is 12.7. The van der Waals surface area contributed by atoms with Gasteiger partial charge in [0, 0.05) is 18.6 Å². The minimum absolute atomic E-state index is 0.557. The molecule has 0 aliphatic rings. The van der Waals surface area contributed by atoms with Gasteiger partial charge < -0.3 is 5.32 Å². The van der Waals surface area contributed by atoms with E-state index in [2.05, 4.69) is 25.3 Å². The van der Waals surface area contributed by atoms with E-state index in [-0.39, 0.29) is 0 Å².